The third-order valence-electron chi connectivity index (χ3n) is 4.97. The molecule has 1 aliphatic rings. The summed E-state index contributed by atoms with van der Waals surface area (Å²) in [6, 6.07) is 13.8. The van der Waals surface area contributed by atoms with Gasteiger partial charge in [0, 0.05) is 17.3 Å². The molecule has 1 amide bonds. The first-order valence-electron chi connectivity index (χ1n) is 9.24. The molecule has 8 heteroatoms. The zero-order valence-electron chi connectivity index (χ0n) is 16.3. The summed E-state index contributed by atoms with van der Waals surface area (Å²) >= 11 is 6.16. The molecule has 31 heavy (non-hydrogen) atoms. The highest BCUT2D eigenvalue weighted by Gasteiger charge is 2.48. The van der Waals surface area contributed by atoms with Crippen molar-refractivity contribution in [2.75, 3.05) is 12.0 Å². The Morgan fingerprint density at radius 2 is 1.87 bits per heavy atom. The number of halogens is 2. The van der Waals surface area contributed by atoms with Crippen LogP contribution in [0, 0.1) is 5.82 Å². The van der Waals surface area contributed by atoms with Crippen molar-refractivity contribution in [1.29, 1.82) is 0 Å². The number of benzene rings is 2. The predicted molar refractivity (Wildman–Crippen MR) is 113 cm³/mol. The van der Waals surface area contributed by atoms with E-state index in [1.807, 2.05) is 0 Å². The van der Waals surface area contributed by atoms with Crippen LogP contribution in [0.25, 0.3) is 5.76 Å². The fourth-order valence-corrected chi connectivity index (χ4v) is 3.78. The Hall–Kier alpha value is -3.71. The Kier molecular flexibility index (Phi) is 5.44. The van der Waals surface area contributed by atoms with Crippen LogP contribution in [0.4, 0.5) is 10.2 Å². The number of ether oxygens (including phenoxy) is 1. The number of rotatable bonds is 4. The number of amides is 1. The summed E-state index contributed by atoms with van der Waals surface area (Å²) in [5.74, 6) is -2.46. The van der Waals surface area contributed by atoms with E-state index >= 15 is 0 Å². The maximum atomic E-state index is 14.8. The first kappa shape index (κ1) is 20.6. The molecule has 0 spiro atoms. The number of ketones is 1. The summed E-state index contributed by atoms with van der Waals surface area (Å²) in [6.45, 7) is 0. The lowest BCUT2D eigenvalue weighted by atomic mass is 9.95. The molecule has 3 aromatic rings. The number of aliphatic hydroxyl groups is 1. The van der Waals surface area contributed by atoms with Gasteiger partial charge < -0.3 is 9.84 Å². The van der Waals surface area contributed by atoms with Crippen molar-refractivity contribution in [3.05, 3.63) is 94.4 Å². The van der Waals surface area contributed by atoms with Crippen molar-refractivity contribution in [3.8, 4) is 5.75 Å². The molecule has 0 aliphatic carbocycles. The monoisotopic (exact) mass is 438 g/mol. The number of methoxy groups -OCH3 is 1. The number of carbonyl (C=O) groups excluding carboxylic acids is 2. The molecule has 1 N–H and O–H groups in total. The normalized spacial score (nSPS) is 17.8. The standard InChI is InChI=1S/C23H16ClFN2O4/c1-31-17-10-9-13(12-15(17)24)21(28)19-20(14-6-2-3-7-16(14)25)27(23(30)22(19)29)18-8-4-5-11-26-18/h2-12,20,28H,1H3/b21-19+/t20-/m1/s1. The second-order valence-corrected chi connectivity index (χ2v) is 7.14. The van der Waals surface area contributed by atoms with Gasteiger partial charge in [0.25, 0.3) is 5.78 Å². The van der Waals surface area contributed by atoms with Crippen molar-refractivity contribution in [2.45, 2.75) is 6.04 Å². The molecule has 6 nitrogen and oxygen atoms in total. The Bertz CT molecular complexity index is 1210. The minimum absolute atomic E-state index is 0.0495. The lowest BCUT2D eigenvalue weighted by Crippen LogP contribution is -2.30. The third kappa shape index (κ3) is 3.53. The van der Waals surface area contributed by atoms with Crippen LogP contribution < -0.4 is 9.64 Å². The number of nitrogens with zero attached hydrogens (tertiary/aromatic N) is 2. The lowest BCUT2D eigenvalue weighted by molar-refractivity contribution is -0.132. The minimum Gasteiger partial charge on any atom is -0.507 e. The predicted octanol–water partition coefficient (Wildman–Crippen LogP) is 4.51. The van der Waals surface area contributed by atoms with E-state index in [0.717, 1.165) is 4.90 Å². The molecule has 156 valence electrons. The summed E-state index contributed by atoms with van der Waals surface area (Å²) in [5.41, 5.74) is -0.0262. The summed E-state index contributed by atoms with van der Waals surface area (Å²) in [7, 11) is 1.44. The second kappa shape index (κ2) is 8.20. The molecule has 0 radical (unpaired) electrons. The average molecular weight is 439 g/mol. The van der Waals surface area contributed by atoms with E-state index in [1.54, 1.807) is 18.2 Å². The number of anilines is 1. The average Bonchev–Trinajstić information content (AvgIpc) is 3.04. The fourth-order valence-electron chi connectivity index (χ4n) is 3.53. The molecule has 1 fully saturated rings. The quantitative estimate of drug-likeness (QED) is 0.368. The van der Waals surface area contributed by atoms with Crippen LogP contribution in [0.5, 0.6) is 5.75 Å². The number of hydrogen-bond donors (Lipinski definition) is 1. The zero-order valence-corrected chi connectivity index (χ0v) is 17.0. The maximum Gasteiger partial charge on any atom is 0.301 e. The van der Waals surface area contributed by atoms with Gasteiger partial charge in [-0.15, -0.1) is 0 Å². The fraction of sp³-hybridized carbons (Fsp3) is 0.0870. The van der Waals surface area contributed by atoms with Gasteiger partial charge in [0.2, 0.25) is 0 Å². The van der Waals surface area contributed by atoms with Crippen LogP contribution in [0.3, 0.4) is 0 Å². The van der Waals surface area contributed by atoms with Crippen LogP contribution in [0.2, 0.25) is 5.02 Å². The number of hydrogen-bond acceptors (Lipinski definition) is 5. The molecule has 1 saturated heterocycles. The number of aromatic nitrogens is 1. The second-order valence-electron chi connectivity index (χ2n) is 6.73. The molecule has 0 saturated carbocycles. The molecular weight excluding hydrogens is 423 g/mol. The van der Waals surface area contributed by atoms with E-state index in [2.05, 4.69) is 4.98 Å². The van der Waals surface area contributed by atoms with Crippen molar-refractivity contribution < 1.29 is 23.8 Å². The summed E-state index contributed by atoms with van der Waals surface area (Å²) < 4.78 is 19.9. The number of carbonyl (C=O) groups is 2. The minimum atomic E-state index is -1.21. The topological polar surface area (TPSA) is 79.7 Å². The zero-order chi connectivity index (χ0) is 22.1. The number of pyridine rings is 1. The Morgan fingerprint density at radius 1 is 1.13 bits per heavy atom. The van der Waals surface area contributed by atoms with E-state index < -0.39 is 29.3 Å². The summed E-state index contributed by atoms with van der Waals surface area (Å²) in [6.07, 6.45) is 1.45. The molecule has 1 aliphatic heterocycles. The lowest BCUT2D eigenvalue weighted by Gasteiger charge is -2.24. The van der Waals surface area contributed by atoms with E-state index in [4.69, 9.17) is 16.3 Å². The first-order chi connectivity index (χ1) is 14.9. The number of aliphatic hydroxyl groups excluding tert-OH is 1. The van der Waals surface area contributed by atoms with Crippen LogP contribution in [0.1, 0.15) is 17.2 Å². The van der Waals surface area contributed by atoms with E-state index in [9.17, 15) is 19.1 Å². The highest BCUT2D eigenvalue weighted by atomic mass is 35.5. The van der Waals surface area contributed by atoms with Gasteiger partial charge >= 0.3 is 5.91 Å². The molecule has 1 aromatic heterocycles. The van der Waals surface area contributed by atoms with Gasteiger partial charge in [-0.25, -0.2) is 9.37 Å². The van der Waals surface area contributed by atoms with Gasteiger partial charge in [-0.2, -0.15) is 0 Å². The molecule has 2 heterocycles. The first-order valence-corrected chi connectivity index (χ1v) is 9.62. The van der Waals surface area contributed by atoms with Crippen LogP contribution in [-0.4, -0.2) is 28.9 Å². The third-order valence-corrected chi connectivity index (χ3v) is 5.26. The van der Waals surface area contributed by atoms with Gasteiger partial charge in [-0.3, -0.25) is 14.5 Å². The van der Waals surface area contributed by atoms with Crippen molar-refractivity contribution in [2.24, 2.45) is 0 Å². The molecule has 2 aromatic carbocycles. The Balaban J connectivity index is 1.96. The van der Waals surface area contributed by atoms with Gasteiger partial charge in [0.15, 0.2) is 0 Å². The summed E-state index contributed by atoms with van der Waals surface area (Å²) in [5, 5.41) is 11.2. The summed E-state index contributed by atoms with van der Waals surface area (Å²) in [4.78, 5) is 31.2. The SMILES string of the molecule is COc1ccc(/C(O)=C2\C(=O)C(=O)N(c3ccccn3)[C@@H]2c2ccccc2F)cc1Cl. The van der Waals surface area contributed by atoms with E-state index in [1.165, 1.54) is 55.8 Å². The maximum absolute atomic E-state index is 14.8. The van der Waals surface area contributed by atoms with Crippen LogP contribution in [0.15, 0.2) is 72.4 Å². The van der Waals surface area contributed by atoms with Crippen LogP contribution >= 0.6 is 11.6 Å². The Morgan fingerprint density at radius 3 is 2.52 bits per heavy atom. The van der Waals surface area contributed by atoms with Crippen molar-refractivity contribution in [3.63, 3.8) is 0 Å². The molecule has 1 atom stereocenters. The number of Topliss-reactive ketones (excluding diaryl/α,β-unsaturated/α-hetero) is 1. The smallest absolute Gasteiger partial charge is 0.301 e. The van der Waals surface area contributed by atoms with Gasteiger partial charge in [0.05, 0.1) is 23.7 Å². The van der Waals surface area contributed by atoms with E-state index in [0.29, 0.717) is 5.75 Å². The largest absolute Gasteiger partial charge is 0.507 e. The highest BCUT2D eigenvalue weighted by Crippen LogP contribution is 2.42. The molecular formula is C23H16ClFN2O4. The molecule has 0 bridgehead atoms. The van der Waals surface area contributed by atoms with Gasteiger partial charge in [0.1, 0.15) is 23.1 Å². The van der Waals surface area contributed by atoms with Crippen molar-refractivity contribution in [1.82, 2.24) is 4.98 Å². The van der Waals surface area contributed by atoms with Crippen molar-refractivity contribution >= 4 is 34.9 Å². The van der Waals surface area contributed by atoms with Crippen LogP contribution in [-0.2, 0) is 9.59 Å². The van der Waals surface area contributed by atoms with E-state index in [-0.39, 0.29) is 27.5 Å². The molecule has 0 unspecified atom stereocenters. The molecule has 4 rings (SSSR count). The van der Waals surface area contributed by atoms with Gasteiger partial charge in [-0.1, -0.05) is 35.9 Å². The Labute approximate surface area is 182 Å². The highest BCUT2D eigenvalue weighted by molar-refractivity contribution is 6.51. The van der Waals surface area contributed by atoms with Gasteiger partial charge in [-0.05, 0) is 36.4 Å².